The summed E-state index contributed by atoms with van der Waals surface area (Å²) in [5.74, 6) is -6.40. The number of imide groups is 1. The van der Waals surface area contributed by atoms with Crippen molar-refractivity contribution in [2.75, 3.05) is 39.5 Å². The highest BCUT2D eigenvalue weighted by atomic mass is 19.1. The number of amides is 8. The first-order chi connectivity index (χ1) is 35.9. The van der Waals surface area contributed by atoms with Gasteiger partial charge in [-0.05, 0) is 67.3 Å². The Kier molecular flexibility index (Phi) is 15.9. The first kappa shape index (κ1) is 53.1. The number of halogens is 1. The Morgan fingerprint density at radius 3 is 2.39 bits per heavy atom. The van der Waals surface area contributed by atoms with Crippen molar-refractivity contribution in [1.82, 2.24) is 40.6 Å². The monoisotopic (exact) mass is 1030 g/mol. The standard InChI is InChI=1S/C52H56FN9O13/c1-3-52(73)33-19-38-48-31(23-62(38)49(70)32(33)25-75-51(52)72)47-35(14-13-30-28(2)34(53)20-36(59-48)46(30)47)57-43(67)26-74-27-60(24-39(54)63)50(71)37(18-29-10-6-4-7-11-29)58-42(66)22-56-41(65)21-55-40(64)12-8-5-9-17-61-44(68)15-16-45(61)69/h4,6-7,10-11,15-16,19-20,35,37,73H,3,5,8-9,12-14,17-18,21-27H2,1-2H3,(H2,54,63)(H,55,64)(H,56,65)(H,57,67)(H,58,66)/t35-,37+,52-/m0/s1. The number of benzene rings is 2. The van der Waals surface area contributed by atoms with Gasteiger partial charge in [0.05, 0.1) is 48.1 Å². The van der Waals surface area contributed by atoms with Gasteiger partial charge in [0.25, 0.3) is 17.4 Å². The average Bonchev–Trinajstić information content (AvgIpc) is 3.92. The van der Waals surface area contributed by atoms with Gasteiger partial charge in [0.2, 0.25) is 35.4 Å². The number of nitrogens with zero attached hydrogens (tertiary/aromatic N) is 4. The molecule has 0 unspecified atom stereocenters. The normalized spacial score (nSPS) is 17.4. The van der Waals surface area contributed by atoms with Crippen molar-refractivity contribution in [2.45, 2.75) is 96.1 Å². The van der Waals surface area contributed by atoms with Crippen LogP contribution in [0.4, 0.5) is 4.39 Å². The summed E-state index contributed by atoms with van der Waals surface area (Å²) in [6.07, 6.45) is 4.51. The third-order valence-electron chi connectivity index (χ3n) is 13.8. The number of nitrogens with one attached hydrogen (secondary N) is 4. The van der Waals surface area contributed by atoms with E-state index in [1.54, 1.807) is 50.2 Å². The first-order valence-electron chi connectivity index (χ1n) is 24.5. The third kappa shape index (κ3) is 11.3. The average molecular weight is 1030 g/mol. The Morgan fingerprint density at radius 2 is 1.67 bits per heavy atom. The van der Waals surface area contributed by atoms with Crippen molar-refractivity contribution < 1.29 is 62.1 Å². The van der Waals surface area contributed by atoms with Crippen molar-refractivity contribution >= 4 is 64.1 Å². The quantitative estimate of drug-likeness (QED) is 0.0236. The van der Waals surface area contributed by atoms with E-state index in [0.29, 0.717) is 76.7 Å². The lowest BCUT2D eigenvalue weighted by Gasteiger charge is -2.31. The number of fused-ring (bicyclic) bond motifs is 5. The molecular weight excluding hydrogens is 978 g/mol. The van der Waals surface area contributed by atoms with Crippen LogP contribution in [0.25, 0.3) is 22.3 Å². The number of rotatable bonds is 22. The molecule has 4 aromatic rings. The van der Waals surface area contributed by atoms with Crippen molar-refractivity contribution in [1.29, 1.82) is 0 Å². The van der Waals surface area contributed by atoms with E-state index < -0.39 is 103 Å². The predicted molar refractivity (Wildman–Crippen MR) is 263 cm³/mol. The molecule has 0 bridgehead atoms. The molecule has 3 aliphatic heterocycles. The summed E-state index contributed by atoms with van der Waals surface area (Å²) in [5.41, 5.74) is 6.99. The van der Waals surface area contributed by atoms with E-state index in [4.69, 9.17) is 20.2 Å². The lowest BCUT2D eigenvalue weighted by molar-refractivity contribution is -0.172. The fourth-order valence-corrected chi connectivity index (χ4v) is 9.97. The van der Waals surface area contributed by atoms with Gasteiger partial charge < -0.3 is 51.0 Å². The van der Waals surface area contributed by atoms with Crippen LogP contribution < -0.4 is 32.6 Å². The first-order valence-corrected chi connectivity index (χ1v) is 24.5. The van der Waals surface area contributed by atoms with Gasteiger partial charge in [0.15, 0.2) is 5.60 Å². The highest BCUT2D eigenvalue weighted by Crippen LogP contribution is 2.46. The van der Waals surface area contributed by atoms with Gasteiger partial charge in [0.1, 0.15) is 38.3 Å². The molecule has 2 aromatic carbocycles. The largest absolute Gasteiger partial charge is 0.458 e. The van der Waals surface area contributed by atoms with Gasteiger partial charge >= 0.3 is 5.97 Å². The number of hydrogen-bond acceptors (Lipinski definition) is 14. The van der Waals surface area contributed by atoms with Crippen molar-refractivity contribution in [3.8, 4) is 11.4 Å². The lowest BCUT2D eigenvalue weighted by atomic mass is 9.81. The molecule has 8 rings (SSSR count). The maximum Gasteiger partial charge on any atom is 0.343 e. The molecular formula is C52H56FN9O13. The third-order valence-corrected chi connectivity index (χ3v) is 13.8. The van der Waals surface area contributed by atoms with Crippen molar-refractivity contribution in [3.05, 3.63) is 110 Å². The molecule has 394 valence electrons. The molecule has 7 N–H and O–H groups in total. The zero-order chi connectivity index (χ0) is 53.7. The molecule has 23 heteroatoms. The summed E-state index contributed by atoms with van der Waals surface area (Å²) in [6, 6.07) is 9.44. The fourth-order valence-electron chi connectivity index (χ4n) is 9.97. The molecule has 2 aromatic heterocycles. The number of cyclic esters (lactones) is 1. The van der Waals surface area contributed by atoms with Crippen molar-refractivity contribution in [3.63, 3.8) is 0 Å². The van der Waals surface area contributed by atoms with E-state index in [0.717, 1.165) is 9.80 Å². The number of ether oxygens (including phenoxy) is 2. The number of aliphatic hydroxyl groups is 1. The summed E-state index contributed by atoms with van der Waals surface area (Å²) in [7, 11) is 0. The molecule has 0 saturated heterocycles. The number of primary amides is 1. The molecule has 0 spiro atoms. The number of carbonyl (C=O) groups excluding carboxylic acids is 9. The summed E-state index contributed by atoms with van der Waals surface area (Å²) < 4.78 is 27.9. The zero-order valence-corrected chi connectivity index (χ0v) is 41.3. The molecule has 4 aliphatic rings. The molecule has 0 fully saturated rings. The van der Waals surface area contributed by atoms with E-state index in [9.17, 15) is 53.1 Å². The van der Waals surface area contributed by atoms with Crippen LogP contribution in [-0.4, -0.2) is 123 Å². The molecule has 5 heterocycles. The number of pyridine rings is 2. The van der Waals surface area contributed by atoms with Crippen LogP contribution in [0.15, 0.2) is 59.4 Å². The van der Waals surface area contributed by atoms with Crippen molar-refractivity contribution in [2.24, 2.45) is 5.73 Å². The minimum atomic E-state index is -2.08. The molecule has 0 radical (unpaired) electrons. The second-order valence-electron chi connectivity index (χ2n) is 18.8. The Morgan fingerprint density at radius 1 is 0.947 bits per heavy atom. The van der Waals surface area contributed by atoms with Crippen LogP contribution in [0, 0.1) is 12.7 Å². The minimum absolute atomic E-state index is 0.0130. The van der Waals surface area contributed by atoms with Crippen LogP contribution >= 0.6 is 0 Å². The summed E-state index contributed by atoms with van der Waals surface area (Å²) in [5, 5.41) is 22.4. The van der Waals surface area contributed by atoms with Gasteiger partial charge in [-0.25, -0.2) is 14.2 Å². The van der Waals surface area contributed by atoms with Crippen LogP contribution in [0.3, 0.4) is 0 Å². The maximum atomic E-state index is 15.5. The van der Waals surface area contributed by atoms with Crippen LogP contribution in [-0.2, 0) is 84.2 Å². The maximum absolute atomic E-state index is 15.5. The fraction of sp³-hybridized carbons (Fsp3) is 0.404. The number of carbonyl (C=O) groups is 9. The smallest absolute Gasteiger partial charge is 0.343 e. The minimum Gasteiger partial charge on any atom is -0.458 e. The van der Waals surface area contributed by atoms with Gasteiger partial charge in [-0.1, -0.05) is 43.7 Å². The van der Waals surface area contributed by atoms with Gasteiger partial charge in [-0.15, -0.1) is 0 Å². The topological polar surface area (TPSA) is 308 Å². The van der Waals surface area contributed by atoms with Gasteiger partial charge in [-0.2, -0.15) is 0 Å². The number of unbranched alkanes of at least 4 members (excludes halogenated alkanes) is 2. The predicted octanol–water partition coefficient (Wildman–Crippen LogP) is 0.364. The number of hydrogen-bond donors (Lipinski definition) is 6. The Balaban J connectivity index is 0.901. The lowest BCUT2D eigenvalue weighted by Crippen LogP contribution is -2.54. The highest BCUT2D eigenvalue weighted by Gasteiger charge is 2.46. The number of nitrogens with two attached hydrogens (primary N) is 1. The zero-order valence-electron chi connectivity index (χ0n) is 41.3. The molecule has 8 amide bonds. The van der Waals surface area contributed by atoms with Gasteiger partial charge in [0, 0.05) is 54.1 Å². The second-order valence-corrected chi connectivity index (χ2v) is 18.8. The molecule has 3 atom stereocenters. The number of aryl methyl sites for hydroxylation is 1. The number of aromatic nitrogens is 2. The van der Waals surface area contributed by atoms with Crippen LogP contribution in [0.1, 0.15) is 90.4 Å². The van der Waals surface area contributed by atoms with E-state index in [-0.39, 0.29) is 67.4 Å². The summed E-state index contributed by atoms with van der Waals surface area (Å²) in [4.78, 5) is 136. The van der Waals surface area contributed by atoms with E-state index in [1.165, 1.54) is 22.8 Å². The Labute approximate surface area is 428 Å². The molecule has 75 heavy (non-hydrogen) atoms. The molecule has 0 saturated carbocycles. The Hall–Kier alpha value is -8.18. The SMILES string of the molecule is CC[C@@]1(O)C(=O)OCc2c1cc1n(c2=O)Cc2c-1nc1cc(F)c(C)c3c1c2[C@@H](NC(=O)COCN(CC(N)=O)C(=O)[C@@H](Cc1ccccc1)NC(=O)CNC(=O)CNC(=O)CCCCCN1C(=O)C=CC1=O)CC3. The van der Waals surface area contributed by atoms with Gasteiger partial charge in [-0.3, -0.25) is 48.1 Å². The summed E-state index contributed by atoms with van der Waals surface area (Å²) >= 11 is 0. The number of esters is 1. The second kappa shape index (κ2) is 22.5. The Bertz CT molecular complexity index is 3110. The highest BCUT2D eigenvalue weighted by molar-refractivity contribution is 6.12. The van der Waals surface area contributed by atoms with Crippen LogP contribution in [0.2, 0.25) is 0 Å². The van der Waals surface area contributed by atoms with E-state index >= 15 is 4.39 Å². The molecule has 22 nitrogen and oxygen atoms in total. The van der Waals surface area contributed by atoms with E-state index in [2.05, 4.69) is 21.3 Å². The van der Waals surface area contributed by atoms with Crippen LogP contribution in [0.5, 0.6) is 0 Å². The van der Waals surface area contributed by atoms with E-state index in [1.807, 2.05) is 0 Å². The summed E-state index contributed by atoms with van der Waals surface area (Å²) in [6.45, 7) is 0.212. The molecule has 1 aliphatic carbocycles.